The molecule has 4 aromatic carbocycles. The number of aromatic nitrogens is 6. The van der Waals surface area contributed by atoms with Crippen molar-refractivity contribution in [3.8, 4) is 22.5 Å². The summed E-state index contributed by atoms with van der Waals surface area (Å²) in [5, 5.41) is 18.2. The molecule has 2 aliphatic rings. The normalized spacial score (nSPS) is 16.6. The highest BCUT2D eigenvalue weighted by Crippen LogP contribution is 2.36. The minimum Gasteiger partial charge on any atom is -0.399 e. The SMILES string of the molecule is O=C(Cl)/C=C/CBr.[C-]#[N+]c1cnc(N[C@@H]2CCC[C@H](NC(=O)c3ccc(N)cc3)C2)nc1-c1c[nH]c2ccccc12.[C-]#[N+]c1cnc(N[C@@H]2CCC[C@H](NC(=O)c3ccc(NC(=O)/C=C/CN(C)C)cc3)C2)nc1-c1c[nH]c2ccccc12. The van der Waals surface area contributed by atoms with E-state index in [-0.39, 0.29) is 41.9 Å². The summed E-state index contributed by atoms with van der Waals surface area (Å²) in [6.45, 7) is 15.8. The van der Waals surface area contributed by atoms with Gasteiger partial charge in [-0.1, -0.05) is 64.5 Å². The minimum absolute atomic E-state index is 0.000524. The van der Waals surface area contributed by atoms with E-state index < -0.39 is 5.24 Å². The number of rotatable bonds is 16. The minimum atomic E-state index is -0.431. The van der Waals surface area contributed by atoms with Crippen LogP contribution in [0.4, 0.5) is 34.6 Å². The molecule has 4 atom stereocenters. The van der Waals surface area contributed by atoms with Gasteiger partial charge in [-0.15, -0.1) is 0 Å². The molecular formula is C62H63BrClN15O4. The molecule has 2 saturated carbocycles. The van der Waals surface area contributed by atoms with E-state index in [9.17, 15) is 19.2 Å². The molecule has 2 fully saturated rings. The Hall–Kier alpha value is -9.21. The topological polar surface area (TPSA) is 250 Å². The summed E-state index contributed by atoms with van der Waals surface area (Å²) < 4.78 is 0. The van der Waals surface area contributed by atoms with E-state index in [1.807, 2.05) is 79.9 Å². The van der Waals surface area contributed by atoms with Gasteiger partial charge in [0, 0.05) is 122 Å². The fourth-order valence-electron chi connectivity index (χ4n) is 9.82. The third kappa shape index (κ3) is 16.9. The Morgan fingerprint density at radius 1 is 0.675 bits per heavy atom. The maximum absolute atomic E-state index is 13.0. The molecule has 4 heterocycles. The number of amides is 3. The van der Waals surface area contributed by atoms with Gasteiger partial charge < -0.3 is 47.2 Å². The number of nitrogens with one attached hydrogen (secondary N) is 7. The summed E-state index contributed by atoms with van der Waals surface area (Å²) in [5.41, 5.74) is 13.8. The number of aromatic amines is 2. The van der Waals surface area contributed by atoms with E-state index in [1.165, 1.54) is 12.2 Å². The van der Waals surface area contributed by atoms with Gasteiger partial charge in [-0.25, -0.2) is 29.6 Å². The number of hydrogen-bond donors (Lipinski definition) is 8. The Morgan fingerprint density at radius 3 is 1.59 bits per heavy atom. The van der Waals surface area contributed by atoms with E-state index in [0.717, 1.165) is 84.3 Å². The lowest BCUT2D eigenvalue weighted by molar-refractivity contribution is -0.112. The van der Waals surface area contributed by atoms with Crippen molar-refractivity contribution in [3.05, 3.63) is 180 Å². The van der Waals surface area contributed by atoms with Gasteiger partial charge in [-0.2, -0.15) is 0 Å². The van der Waals surface area contributed by atoms with Crippen LogP contribution < -0.4 is 32.3 Å². The zero-order valence-corrected chi connectivity index (χ0v) is 48.2. The molecule has 0 saturated heterocycles. The molecule has 8 aromatic rings. The van der Waals surface area contributed by atoms with Crippen molar-refractivity contribution in [3.63, 3.8) is 0 Å². The van der Waals surface area contributed by atoms with Crippen LogP contribution in [0.1, 0.15) is 72.1 Å². The van der Waals surface area contributed by atoms with E-state index in [0.29, 0.717) is 69.0 Å². The maximum Gasteiger partial charge on any atom is 0.251 e. The number of nitrogens with two attached hydrogens (primary N) is 1. The molecule has 10 rings (SSSR count). The summed E-state index contributed by atoms with van der Waals surface area (Å²) in [7, 11) is 3.87. The first-order chi connectivity index (χ1) is 40.3. The van der Waals surface area contributed by atoms with Crippen LogP contribution in [0.15, 0.2) is 146 Å². The van der Waals surface area contributed by atoms with E-state index in [1.54, 1.807) is 73.1 Å². The fourth-order valence-corrected chi connectivity index (χ4v) is 10.1. The number of benzene rings is 4. The summed E-state index contributed by atoms with van der Waals surface area (Å²) in [4.78, 5) is 81.5. The lowest BCUT2D eigenvalue weighted by Gasteiger charge is -2.30. The molecule has 0 aliphatic heterocycles. The Labute approximate surface area is 494 Å². The molecule has 83 heavy (non-hydrogen) atoms. The van der Waals surface area contributed by atoms with Gasteiger partial charge in [0.2, 0.25) is 34.4 Å². The summed E-state index contributed by atoms with van der Waals surface area (Å²) in [6, 6.07) is 30.0. The number of likely N-dealkylation sites (N-methyl/N-ethyl adjacent to an activating group) is 1. The maximum atomic E-state index is 13.0. The lowest BCUT2D eigenvalue weighted by Crippen LogP contribution is -2.42. The lowest BCUT2D eigenvalue weighted by atomic mass is 9.91. The van der Waals surface area contributed by atoms with Crippen LogP contribution >= 0.6 is 27.5 Å². The first kappa shape index (κ1) is 59.9. The van der Waals surface area contributed by atoms with Crippen LogP contribution in [0.2, 0.25) is 0 Å². The van der Waals surface area contributed by atoms with Gasteiger partial charge in [-0.05, 0) is 144 Å². The first-order valence-corrected chi connectivity index (χ1v) is 28.5. The van der Waals surface area contributed by atoms with Gasteiger partial charge >= 0.3 is 0 Å². The zero-order chi connectivity index (χ0) is 58.7. The second-order valence-electron chi connectivity index (χ2n) is 20.1. The zero-order valence-electron chi connectivity index (χ0n) is 45.8. The second-order valence-corrected chi connectivity index (χ2v) is 21.2. The Balaban J connectivity index is 0.000000198. The third-order valence-corrected chi connectivity index (χ3v) is 14.3. The van der Waals surface area contributed by atoms with E-state index >= 15 is 0 Å². The number of anilines is 4. The van der Waals surface area contributed by atoms with Crippen molar-refractivity contribution < 1.29 is 19.2 Å². The van der Waals surface area contributed by atoms with Crippen LogP contribution in [0.25, 0.3) is 54.0 Å². The molecule has 3 amide bonds. The number of carbonyl (C=O) groups excluding carboxylic acids is 4. The fraction of sp³-hybridized carbons (Fsp3) is 0.258. The average Bonchev–Trinajstić information content (AvgIpc) is 4.24. The van der Waals surface area contributed by atoms with Crippen LogP contribution in [0.5, 0.6) is 0 Å². The number of H-pyrrole nitrogens is 2. The number of nitrogen functional groups attached to an aromatic ring is 1. The van der Waals surface area contributed by atoms with Crippen molar-refractivity contribution in [2.75, 3.05) is 47.7 Å². The molecule has 19 nitrogen and oxygen atoms in total. The molecule has 0 spiro atoms. The van der Waals surface area contributed by atoms with Crippen LogP contribution in [-0.4, -0.2) is 108 Å². The number of hydrogen-bond acceptors (Lipinski definition) is 12. The van der Waals surface area contributed by atoms with Gasteiger partial charge in [0.25, 0.3) is 11.8 Å². The molecule has 0 unspecified atom stereocenters. The standard InChI is InChI=1S/C32H34N8O2.C26H25N7O.C4H4BrClO/c1-33-28-20-35-32(39-30(28)26-19-34-27-11-5-4-10-25(26)27)38-24-9-6-8-23(18-24)37-31(42)21-13-15-22(16-14-21)36-29(41)12-7-17-40(2)3;1-28-23-15-30-26(33-24(23)21-14-29-22-8-3-2-7-20(21)22)32-19-6-4-5-18(13-19)31-25(34)16-9-11-17(27)12-10-16;5-3-1-2-4(6)7/h4-5,7,10-16,19-20,23-24,34H,6,8-9,17-18H2,2-3H3,(H,36,41)(H,37,42)(H,35,38,39);2-3,7-12,14-15,18-19,29H,4-6,13,27H2,(H,31,34)(H,30,32,33);1-2H,3H2/b12-7+;;2-1+/t23-,24+;18-,19+;/m00./s1. The number of halogens is 2. The van der Waals surface area contributed by atoms with E-state index in [4.69, 9.17) is 40.4 Å². The van der Waals surface area contributed by atoms with Crippen LogP contribution in [0, 0.1) is 13.1 Å². The number of allylic oxidation sites excluding steroid dienone is 2. The van der Waals surface area contributed by atoms with Gasteiger partial charge in [0.15, 0.2) is 0 Å². The summed E-state index contributed by atoms with van der Waals surface area (Å²) in [5.74, 6) is 0.502. The Kier molecular flexibility index (Phi) is 21.3. The molecule has 0 radical (unpaired) electrons. The highest BCUT2D eigenvalue weighted by molar-refractivity contribution is 9.09. The predicted molar refractivity (Wildman–Crippen MR) is 333 cm³/mol. The Morgan fingerprint density at radius 2 is 1.14 bits per heavy atom. The third-order valence-electron chi connectivity index (χ3n) is 13.8. The molecule has 4 aromatic heterocycles. The molecule has 0 bridgehead atoms. The van der Waals surface area contributed by atoms with Crippen LogP contribution in [0.3, 0.4) is 0 Å². The van der Waals surface area contributed by atoms with Crippen molar-refractivity contribution in [2.45, 2.75) is 75.5 Å². The number of nitrogens with zero attached hydrogens (tertiary/aromatic N) is 7. The molecular weight excluding hydrogens is 1130 g/mol. The summed E-state index contributed by atoms with van der Waals surface area (Å²) >= 11 is 7.99. The highest BCUT2D eigenvalue weighted by atomic mass is 79.9. The molecule has 9 N–H and O–H groups in total. The van der Waals surface area contributed by atoms with Crippen molar-refractivity contribution in [2.24, 2.45) is 0 Å². The van der Waals surface area contributed by atoms with Crippen molar-refractivity contribution in [1.82, 2.24) is 45.4 Å². The Bertz CT molecular complexity index is 3700. The second kappa shape index (κ2) is 29.5. The number of fused-ring (bicyclic) bond motifs is 2. The summed E-state index contributed by atoms with van der Waals surface area (Å²) in [6.07, 6.45) is 20.3. The number of alkyl halides is 1. The highest BCUT2D eigenvalue weighted by Gasteiger charge is 2.27. The smallest absolute Gasteiger partial charge is 0.251 e. The van der Waals surface area contributed by atoms with Crippen molar-refractivity contribution >= 4 is 107 Å². The van der Waals surface area contributed by atoms with E-state index in [2.05, 4.69) is 72.1 Å². The monoisotopic (exact) mass is 1200 g/mol. The molecule has 21 heteroatoms. The molecule has 424 valence electrons. The molecule has 2 aliphatic carbocycles. The largest absolute Gasteiger partial charge is 0.399 e. The van der Waals surface area contributed by atoms with Gasteiger partial charge in [0.1, 0.15) is 0 Å². The first-order valence-electron chi connectivity index (χ1n) is 27.0. The quantitative estimate of drug-likeness (QED) is 0.0148. The van der Waals surface area contributed by atoms with Crippen molar-refractivity contribution in [1.29, 1.82) is 0 Å². The number of para-hydroxylation sites is 2. The number of carbonyl (C=O) groups is 4. The predicted octanol–water partition coefficient (Wildman–Crippen LogP) is 12.0. The van der Waals surface area contributed by atoms with Gasteiger partial charge in [-0.3, -0.25) is 19.2 Å². The van der Waals surface area contributed by atoms with Gasteiger partial charge in [0.05, 0.1) is 24.5 Å². The van der Waals surface area contributed by atoms with Crippen LogP contribution in [-0.2, 0) is 9.59 Å². The average molecular weight is 1200 g/mol.